The smallest absolute Gasteiger partial charge is 0.127 e. The molecule has 112 valence electrons. The van der Waals surface area contributed by atoms with Gasteiger partial charge in [0.2, 0.25) is 0 Å². The normalized spacial score (nSPS) is 25.4. The highest BCUT2D eigenvalue weighted by Gasteiger charge is 2.22. The van der Waals surface area contributed by atoms with Gasteiger partial charge in [0.1, 0.15) is 5.82 Å². The van der Waals surface area contributed by atoms with Gasteiger partial charge in [-0.3, -0.25) is 0 Å². The number of hydrogen-bond donors (Lipinski definition) is 1. The zero-order valence-corrected chi connectivity index (χ0v) is 13.0. The van der Waals surface area contributed by atoms with Crippen molar-refractivity contribution in [1.29, 1.82) is 0 Å². The third-order valence-electron chi connectivity index (χ3n) is 4.81. The fourth-order valence-electron chi connectivity index (χ4n) is 3.43. The Morgan fingerprint density at radius 3 is 2.50 bits per heavy atom. The highest BCUT2D eigenvalue weighted by Crippen LogP contribution is 2.30. The van der Waals surface area contributed by atoms with Crippen molar-refractivity contribution in [3.8, 4) is 0 Å². The average Bonchev–Trinajstić information content (AvgIpc) is 2.65. The fourth-order valence-corrected chi connectivity index (χ4v) is 3.43. The summed E-state index contributed by atoms with van der Waals surface area (Å²) in [6.07, 6.45) is 6.40. The summed E-state index contributed by atoms with van der Waals surface area (Å²) in [6.45, 7) is 6.74. The van der Waals surface area contributed by atoms with Gasteiger partial charge in [-0.15, -0.1) is 0 Å². The molecule has 1 fully saturated rings. The van der Waals surface area contributed by atoms with E-state index in [9.17, 15) is 4.39 Å². The fraction of sp³-hybridized carbons (Fsp3) is 0.667. The maximum absolute atomic E-state index is 13.8. The summed E-state index contributed by atoms with van der Waals surface area (Å²) in [7, 11) is 0. The molecule has 1 N–H and O–H groups in total. The van der Waals surface area contributed by atoms with Crippen molar-refractivity contribution >= 4 is 0 Å². The zero-order valence-electron chi connectivity index (χ0n) is 13.0. The van der Waals surface area contributed by atoms with Crippen LogP contribution in [-0.2, 0) is 0 Å². The van der Waals surface area contributed by atoms with Crippen LogP contribution in [0.15, 0.2) is 24.3 Å². The molecular weight excluding hydrogens is 249 g/mol. The van der Waals surface area contributed by atoms with Gasteiger partial charge in [0, 0.05) is 17.6 Å². The molecule has 0 radical (unpaired) electrons. The van der Waals surface area contributed by atoms with Gasteiger partial charge in [-0.1, -0.05) is 44.9 Å². The quantitative estimate of drug-likeness (QED) is 0.757. The Kier molecular flexibility index (Phi) is 5.59. The summed E-state index contributed by atoms with van der Waals surface area (Å²) in [5, 5.41) is 3.64. The molecule has 1 aliphatic rings. The van der Waals surface area contributed by atoms with E-state index < -0.39 is 0 Å². The molecule has 2 rings (SSSR count). The third-order valence-corrected chi connectivity index (χ3v) is 4.81. The molecule has 1 nitrogen and oxygen atoms in total. The van der Waals surface area contributed by atoms with Crippen molar-refractivity contribution in [2.45, 2.75) is 65.0 Å². The molecule has 0 aliphatic heterocycles. The zero-order chi connectivity index (χ0) is 14.5. The maximum atomic E-state index is 13.8. The molecule has 3 atom stereocenters. The summed E-state index contributed by atoms with van der Waals surface area (Å²) >= 11 is 0. The summed E-state index contributed by atoms with van der Waals surface area (Å²) in [4.78, 5) is 0. The lowest BCUT2D eigenvalue weighted by molar-refractivity contribution is 0.334. The Labute approximate surface area is 123 Å². The van der Waals surface area contributed by atoms with Crippen molar-refractivity contribution in [3.63, 3.8) is 0 Å². The largest absolute Gasteiger partial charge is 0.307 e. The lowest BCUT2D eigenvalue weighted by atomic mass is 9.89. The number of rotatable bonds is 4. The van der Waals surface area contributed by atoms with E-state index in [1.54, 1.807) is 12.1 Å². The average molecular weight is 277 g/mol. The second-order valence-corrected chi connectivity index (χ2v) is 6.62. The van der Waals surface area contributed by atoms with E-state index in [0.717, 1.165) is 17.4 Å². The first-order valence-electron chi connectivity index (χ1n) is 8.08. The van der Waals surface area contributed by atoms with Crippen LogP contribution in [0.1, 0.15) is 64.5 Å². The van der Waals surface area contributed by atoms with E-state index in [1.165, 1.54) is 32.1 Å². The number of benzene rings is 1. The maximum Gasteiger partial charge on any atom is 0.127 e. The van der Waals surface area contributed by atoms with Gasteiger partial charge in [-0.25, -0.2) is 4.39 Å². The van der Waals surface area contributed by atoms with E-state index in [4.69, 9.17) is 0 Å². The number of hydrogen-bond acceptors (Lipinski definition) is 1. The third kappa shape index (κ3) is 4.05. The molecule has 0 amide bonds. The summed E-state index contributed by atoms with van der Waals surface area (Å²) in [5.41, 5.74) is 0.789. The monoisotopic (exact) mass is 277 g/mol. The van der Waals surface area contributed by atoms with Crippen molar-refractivity contribution < 1.29 is 4.39 Å². The minimum Gasteiger partial charge on any atom is -0.307 e. The van der Waals surface area contributed by atoms with Crippen molar-refractivity contribution in [2.75, 3.05) is 0 Å². The van der Waals surface area contributed by atoms with Crippen LogP contribution in [0.2, 0.25) is 0 Å². The molecule has 1 aliphatic carbocycles. The molecule has 0 heterocycles. The predicted molar refractivity (Wildman–Crippen MR) is 83.2 cm³/mol. The van der Waals surface area contributed by atoms with Crippen molar-refractivity contribution in [2.24, 2.45) is 11.8 Å². The Hall–Kier alpha value is -0.890. The minimum absolute atomic E-state index is 0.0943. The highest BCUT2D eigenvalue weighted by atomic mass is 19.1. The first-order valence-corrected chi connectivity index (χ1v) is 8.08. The van der Waals surface area contributed by atoms with Crippen LogP contribution in [-0.4, -0.2) is 6.04 Å². The van der Waals surface area contributed by atoms with Gasteiger partial charge in [0.05, 0.1) is 0 Å². The minimum atomic E-state index is -0.0961. The van der Waals surface area contributed by atoms with E-state index in [1.807, 2.05) is 12.1 Å². The first kappa shape index (κ1) is 15.5. The Morgan fingerprint density at radius 1 is 1.05 bits per heavy atom. The predicted octanol–water partition coefficient (Wildman–Crippen LogP) is 5.08. The highest BCUT2D eigenvalue weighted by molar-refractivity contribution is 5.20. The summed E-state index contributed by atoms with van der Waals surface area (Å²) in [6, 6.07) is 7.74. The van der Waals surface area contributed by atoms with Gasteiger partial charge < -0.3 is 5.32 Å². The molecule has 0 bridgehead atoms. The van der Waals surface area contributed by atoms with Crippen LogP contribution in [0.4, 0.5) is 4.39 Å². The first-order chi connectivity index (χ1) is 9.58. The van der Waals surface area contributed by atoms with Crippen molar-refractivity contribution in [3.05, 3.63) is 35.6 Å². The molecule has 0 saturated heterocycles. The van der Waals surface area contributed by atoms with Crippen LogP contribution in [0, 0.1) is 17.7 Å². The summed E-state index contributed by atoms with van der Waals surface area (Å²) < 4.78 is 13.8. The van der Waals surface area contributed by atoms with Crippen LogP contribution in [0.25, 0.3) is 0 Å². The van der Waals surface area contributed by atoms with Gasteiger partial charge in [-0.2, -0.15) is 0 Å². The van der Waals surface area contributed by atoms with E-state index >= 15 is 0 Å². The van der Waals surface area contributed by atoms with Crippen LogP contribution < -0.4 is 5.32 Å². The number of halogens is 1. The lowest BCUT2D eigenvalue weighted by Gasteiger charge is -2.23. The van der Waals surface area contributed by atoms with Gasteiger partial charge in [0.25, 0.3) is 0 Å². The molecule has 0 aromatic heterocycles. The molecule has 20 heavy (non-hydrogen) atoms. The Balaban J connectivity index is 1.92. The molecule has 1 aromatic carbocycles. The van der Waals surface area contributed by atoms with Gasteiger partial charge in [-0.05, 0) is 44.1 Å². The second kappa shape index (κ2) is 7.21. The van der Waals surface area contributed by atoms with Crippen LogP contribution in [0.3, 0.4) is 0 Å². The lowest BCUT2D eigenvalue weighted by Crippen LogP contribution is -2.31. The van der Waals surface area contributed by atoms with E-state index in [2.05, 4.69) is 26.1 Å². The molecule has 2 unspecified atom stereocenters. The Morgan fingerprint density at radius 2 is 1.80 bits per heavy atom. The topological polar surface area (TPSA) is 12.0 Å². The van der Waals surface area contributed by atoms with Crippen LogP contribution >= 0.6 is 0 Å². The molecular formula is C18H28FN. The van der Waals surface area contributed by atoms with E-state index in [0.29, 0.717) is 6.04 Å². The van der Waals surface area contributed by atoms with Crippen LogP contribution in [0.5, 0.6) is 0 Å². The second-order valence-electron chi connectivity index (χ2n) is 6.62. The number of nitrogens with one attached hydrogen (secondary N) is 1. The standard InChI is InChI=1S/C18H28FN/c1-13(2)15-7-6-8-16(12-11-15)20-14(3)17-9-4-5-10-18(17)19/h4-5,9-10,13-16,20H,6-8,11-12H2,1-3H3/t14-,15?,16?/m1/s1. The summed E-state index contributed by atoms with van der Waals surface area (Å²) in [5.74, 6) is 1.56. The Bertz CT molecular complexity index is 416. The molecule has 2 heteroatoms. The molecule has 1 saturated carbocycles. The molecule has 1 aromatic rings. The van der Waals surface area contributed by atoms with Gasteiger partial charge >= 0.3 is 0 Å². The SMILES string of the molecule is CC(C)C1CCCC(N[C@H](C)c2ccccc2F)CC1. The molecule has 0 spiro atoms. The van der Waals surface area contributed by atoms with Gasteiger partial charge in [0.15, 0.2) is 0 Å². The van der Waals surface area contributed by atoms with Crippen molar-refractivity contribution in [1.82, 2.24) is 5.32 Å². The van der Waals surface area contributed by atoms with E-state index in [-0.39, 0.29) is 11.9 Å².